The second-order valence-corrected chi connectivity index (χ2v) is 9.45. The van der Waals surface area contributed by atoms with Gasteiger partial charge in [0.2, 0.25) is 0 Å². The van der Waals surface area contributed by atoms with Crippen molar-refractivity contribution >= 4 is 33.5 Å². The molecule has 8 heteroatoms. The molecule has 0 unspecified atom stereocenters. The maximum atomic E-state index is 14.0. The molecule has 7 nitrogen and oxygen atoms in total. The van der Waals surface area contributed by atoms with E-state index >= 15 is 0 Å². The van der Waals surface area contributed by atoms with Crippen LogP contribution in [0.5, 0.6) is 5.75 Å². The Morgan fingerprint density at radius 2 is 1.84 bits per heavy atom. The maximum Gasteiger partial charge on any atom is 0.307 e. The number of nitrogens with zero attached hydrogens (tertiary/aromatic N) is 3. The molecule has 1 aliphatic rings. The van der Waals surface area contributed by atoms with Crippen LogP contribution in [0.15, 0.2) is 66.9 Å². The zero-order chi connectivity index (χ0) is 25.5. The van der Waals surface area contributed by atoms with Crippen molar-refractivity contribution in [2.75, 3.05) is 5.73 Å². The summed E-state index contributed by atoms with van der Waals surface area (Å²) in [6.45, 7) is 0.140. The zero-order valence-electron chi connectivity index (χ0n) is 20.0. The molecule has 5 aromatic rings. The van der Waals surface area contributed by atoms with E-state index in [1.54, 1.807) is 6.20 Å². The van der Waals surface area contributed by atoms with Crippen molar-refractivity contribution in [2.45, 2.75) is 38.3 Å². The predicted octanol–water partition coefficient (Wildman–Crippen LogP) is 5.90. The Morgan fingerprint density at radius 3 is 2.59 bits per heavy atom. The number of rotatable bonds is 7. The molecule has 37 heavy (non-hydrogen) atoms. The van der Waals surface area contributed by atoms with Gasteiger partial charge >= 0.3 is 5.97 Å². The monoisotopic (exact) mass is 496 g/mol. The van der Waals surface area contributed by atoms with Crippen LogP contribution in [0.4, 0.5) is 10.2 Å². The van der Waals surface area contributed by atoms with Crippen LogP contribution < -0.4 is 10.5 Å². The van der Waals surface area contributed by atoms with E-state index in [4.69, 9.17) is 15.6 Å². The van der Waals surface area contributed by atoms with Crippen LogP contribution in [0.1, 0.15) is 36.6 Å². The summed E-state index contributed by atoms with van der Waals surface area (Å²) in [5.41, 5.74) is 10.3. The van der Waals surface area contributed by atoms with Crippen molar-refractivity contribution in [1.29, 1.82) is 0 Å². The minimum Gasteiger partial charge on any atom is -0.487 e. The van der Waals surface area contributed by atoms with Crippen LogP contribution in [-0.2, 0) is 17.8 Å². The molecule has 0 bridgehead atoms. The molecule has 2 heterocycles. The summed E-state index contributed by atoms with van der Waals surface area (Å²) in [7, 11) is 0. The number of benzene rings is 3. The molecule has 186 valence electrons. The van der Waals surface area contributed by atoms with E-state index in [1.165, 1.54) is 18.2 Å². The van der Waals surface area contributed by atoms with E-state index in [1.807, 2.05) is 35.0 Å². The molecule has 3 N–H and O–H groups in total. The largest absolute Gasteiger partial charge is 0.487 e. The lowest BCUT2D eigenvalue weighted by molar-refractivity contribution is -0.136. The molecular formula is C29H25FN4O3. The van der Waals surface area contributed by atoms with Gasteiger partial charge < -0.3 is 15.6 Å². The number of nitrogen functional groups attached to an aromatic ring is 1. The van der Waals surface area contributed by atoms with Gasteiger partial charge in [-0.05, 0) is 66.1 Å². The van der Waals surface area contributed by atoms with Crippen LogP contribution >= 0.6 is 0 Å². The maximum absolute atomic E-state index is 14.0. The molecule has 3 aromatic carbocycles. The third kappa shape index (κ3) is 4.35. The number of anilines is 1. The van der Waals surface area contributed by atoms with Crippen molar-refractivity contribution in [1.82, 2.24) is 14.8 Å². The molecule has 0 atom stereocenters. The Kier molecular flexibility index (Phi) is 5.71. The highest BCUT2D eigenvalue weighted by Crippen LogP contribution is 2.37. The van der Waals surface area contributed by atoms with Gasteiger partial charge in [-0.1, -0.05) is 24.3 Å². The van der Waals surface area contributed by atoms with Gasteiger partial charge in [-0.25, -0.2) is 9.37 Å². The van der Waals surface area contributed by atoms with E-state index in [0.29, 0.717) is 11.4 Å². The van der Waals surface area contributed by atoms with Gasteiger partial charge in [0.15, 0.2) is 0 Å². The Labute approximate surface area is 212 Å². The minimum absolute atomic E-state index is 0.140. The molecule has 1 saturated carbocycles. The van der Waals surface area contributed by atoms with Crippen LogP contribution in [0.2, 0.25) is 0 Å². The number of fused-ring (bicyclic) bond motifs is 2. The third-order valence-corrected chi connectivity index (χ3v) is 7.09. The number of pyridine rings is 1. The fraction of sp³-hybridized carbons (Fsp3) is 0.207. The average molecular weight is 497 g/mol. The van der Waals surface area contributed by atoms with Gasteiger partial charge in [0.25, 0.3) is 0 Å². The van der Waals surface area contributed by atoms with Gasteiger partial charge in [-0.15, -0.1) is 0 Å². The summed E-state index contributed by atoms with van der Waals surface area (Å²) in [6.07, 6.45) is 4.67. The lowest BCUT2D eigenvalue weighted by atomic mass is 9.93. The smallest absolute Gasteiger partial charge is 0.307 e. The first-order valence-electron chi connectivity index (χ1n) is 12.2. The van der Waals surface area contributed by atoms with E-state index in [0.717, 1.165) is 57.8 Å². The summed E-state index contributed by atoms with van der Waals surface area (Å²) in [5.74, 6) is -0.767. The number of aromatic nitrogens is 3. The number of nitrogens with two attached hydrogens (primary N) is 1. The molecule has 1 fully saturated rings. The second-order valence-electron chi connectivity index (χ2n) is 9.45. The van der Waals surface area contributed by atoms with E-state index in [9.17, 15) is 14.3 Å². The van der Waals surface area contributed by atoms with Crippen molar-refractivity contribution < 1.29 is 19.0 Å². The van der Waals surface area contributed by atoms with Crippen LogP contribution in [-0.4, -0.2) is 25.8 Å². The predicted molar refractivity (Wildman–Crippen MR) is 140 cm³/mol. The van der Waals surface area contributed by atoms with Crippen LogP contribution in [0.3, 0.4) is 0 Å². The molecule has 0 aliphatic heterocycles. The average Bonchev–Trinajstić information content (AvgIpc) is 3.19. The van der Waals surface area contributed by atoms with Gasteiger partial charge in [-0.2, -0.15) is 5.10 Å². The number of aliphatic carboxylic acids is 1. The van der Waals surface area contributed by atoms with E-state index in [2.05, 4.69) is 17.1 Å². The first-order chi connectivity index (χ1) is 18.0. The van der Waals surface area contributed by atoms with Crippen molar-refractivity contribution in [3.63, 3.8) is 0 Å². The Balaban J connectivity index is 1.41. The molecular weight excluding hydrogens is 471 g/mol. The summed E-state index contributed by atoms with van der Waals surface area (Å²) < 4.78 is 22.1. The molecule has 6 rings (SSSR count). The van der Waals surface area contributed by atoms with Gasteiger partial charge in [0, 0.05) is 28.6 Å². The molecule has 0 spiro atoms. The number of ether oxygens (including phenoxy) is 1. The number of halogens is 1. The van der Waals surface area contributed by atoms with Gasteiger partial charge in [-0.3, -0.25) is 9.48 Å². The first kappa shape index (κ1) is 23.0. The van der Waals surface area contributed by atoms with Crippen molar-refractivity contribution in [3.05, 3.63) is 83.9 Å². The normalized spacial score (nSPS) is 13.6. The summed E-state index contributed by atoms with van der Waals surface area (Å²) in [6, 6.07) is 18.4. The highest BCUT2D eigenvalue weighted by Gasteiger charge is 2.25. The Morgan fingerprint density at radius 1 is 1.05 bits per heavy atom. The summed E-state index contributed by atoms with van der Waals surface area (Å²) >= 11 is 0. The molecule has 0 amide bonds. The van der Waals surface area contributed by atoms with Crippen molar-refractivity contribution in [2.24, 2.45) is 0 Å². The SMILES string of the molecule is Nc1nccc2ccc(-c3ccc4nn(C5CCC5)c(COc5cc(F)ccc5CC(=O)O)c4c3)cc12. The van der Waals surface area contributed by atoms with Gasteiger partial charge in [0.1, 0.15) is 24.0 Å². The molecule has 2 aromatic heterocycles. The Bertz CT molecular complexity index is 1660. The number of hydrogen-bond donors (Lipinski definition) is 2. The topological polar surface area (TPSA) is 103 Å². The highest BCUT2D eigenvalue weighted by molar-refractivity contribution is 5.95. The highest BCUT2D eigenvalue weighted by atomic mass is 19.1. The molecule has 1 aliphatic carbocycles. The van der Waals surface area contributed by atoms with Crippen LogP contribution in [0.25, 0.3) is 32.8 Å². The number of carboxylic acids is 1. The summed E-state index contributed by atoms with van der Waals surface area (Å²) in [4.78, 5) is 15.5. The van der Waals surface area contributed by atoms with Gasteiger partial charge in [0.05, 0.1) is 23.7 Å². The van der Waals surface area contributed by atoms with Crippen LogP contribution in [0, 0.1) is 5.82 Å². The third-order valence-electron chi connectivity index (χ3n) is 7.09. The molecule has 0 saturated heterocycles. The first-order valence-corrected chi connectivity index (χ1v) is 12.2. The standard InChI is InChI=1S/C29H25FN4O3/c30-21-8-6-20(14-28(35)36)27(15-21)37-16-26-24-13-19(7-9-25(24)33-34(26)22-2-1-3-22)18-5-4-17-10-11-32-29(31)23(17)12-18/h4-13,15,22H,1-3,14,16H2,(H2,31,32)(H,35,36). The van der Waals surface area contributed by atoms with E-state index < -0.39 is 11.8 Å². The summed E-state index contributed by atoms with van der Waals surface area (Å²) in [5, 5.41) is 17.0. The Hall–Kier alpha value is -4.46. The zero-order valence-corrected chi connectivity index (χ0v) is 20.0. The minimum atomic E-state index is -1.00. The number of carboxylic acid groups (broad SMARTS) is 1. The van der Waals surface area contributed by atoms with Crippen molar-refractivity contribution in [3.8, 4) is 16.9 Å². The number of hydrogen-bond acceptors (Lipinski definition) is 5. The quantitative estimate of drug-likeness (QED) is 0.291. The second kappa shape index (κ2) is 9.20. The number of carbonyl (C=O) groups is 1. The lowest BCUT2D eigenvalue weighted by Gasteiger charge is -2.27. The molecule has 0 radical (unpaired) electrons. The fourth-order valence-corrected chi connectivity index (χ4v) is 4.90. The lowest BCUT2D eigenvalue weighted by Crippen LogP contribution is -2.21. The van der Waals surface area contributed by atoms with E-state index in [-0.39, 0.29) is 24.8 Å². The fourth-order valence-electron chi connectivity index (χ4n) is 4.90.